The van der Waals surface area contributed by atoms with Gasteiger partial charge >= 0.3 is 0 Å². The van der Waals surface area contributed by atoms with Gasteiger partial charge in [-0.2, -0.15) is 0 Å². The Morgan fingerprint density at radius 3 is 2.53 bits per heavy atom. The zero-order chi connectivity index (χ0) is 11.8. The molecule has 0 saturated carbocycles. The van der Waals surface area contributed by atoms with Gasteiger partial charge in [0.15, 0.2) is 0 Å². The normalized spacial score (nSPS) is 10.8. The predicted molar refractivity (Wildman–Crippen MR) is 71.2 cm³/mol. The number of aldehydes is 1. The fourth-order valence-corrected chi connectivity index (χ4v) is 2.29. The van der Waals surface area contributed by atoms with Crippen LogP contribution in [0.4, 0.5) is 0 Å². The van der Waals surface area contributed by atoms with Crippen molar-refractivity contribution in [2.75, 3.05) is 0 Å². The molecule has 1 aromatic heterocycles. The molecule has 1 heterocycles. The van der Waals surface area contributed by atoms with E-state index >= 15 is 0 Å². The van der Waals surface area contributed by atoms with E-state index in [1.165, 1.54) is 0 Å². The van der Waals surface area contributed by atoms with E-state index in [9.17, 15) is 4.79 Å². The maximum Gasteiger partial charge on any atom is 0.150 e. The third kappa shape index (κ3) is 1.31. The van der Waals surface area contributed by atoms with Crippen LogP contribution in [-0.4, -0.2) is 10.9 Å². The summed E-state index contributed by atoms with van der Waals surface area (Å²) in [6, 6.07) is 13.8. The fourth-order valence-electron chi connectivity index (χ4n) is 2.29. The second-order valence-corrected chi connectivity index (χ2v) is 3.96. The lowest BCUT2D eigenvalue weighted by molar-refractivity contribution is 0.112. The molecule has 0 unspecified atom stereocenters. The first-order valence-corrected chi connectivity index (χ1v) is 5.45. The first kappa shape index (κ1) is 9.85. The Labute approximate surface area is 98.8 Å². The quantitative estimate of drug-likeness (QED) is 0.605. The molecule has 0 aliphatic rings. The number of para-hydroxylation sites is 1. The summed E-state index contributed by atoms with van der Waals surface area (Å²) < 4.78 is 2.04. The summed E-state index contributed by atoms with van der Waals surface area (Å²) >= 11 is 0. The second-order valence-electron chi connectivity index (χ2n) is 3.96. The molecule has 2 aromatic carbocycles. The molecule has 0 atom stereocenters. The van der Waals surface area contributed by atoms with Crippen LogP contribution in [0.1, 0.15) is 10.4 Å². The first-order chi connectivity index (χ1) is 8.35. The maximum atomic E-state index is 10.8. The molecule has 3 rings (SSSR count). The summed E-state index contributed by atoms with van der Waals surface area (Å²) in [7, 11) is 0. The van der Waals surface area contributed by atoms with Crippen LogP contribution in [0, 0.1) is 0 Å². The van der Waals surface area contributed by atoms with Crippen LogP contribution in [0.25, 0.3) is 28.0 Å². The molecule has 2 heteroatoms. The lowest BCUT2D eigenvalue weighted by atomic mass is 10.1. The number of benzene rings is 2. The smallest absolute Gasteiger partial charge is 0.150 e. The Morgan fingerprint density at radius 1 is 1.00 bits per heavy atom. The standard InChI is InChI=1S/C15H11NO/c1-2-16-14-6-4-3-5-12(14)13-9-11(10-17)7-8-15(13)16/h2-10H,1H2. The van der Waals surface area contributed by atoms with Crippen LogP contribution in [0.2, 0.25) is 0 Å². The van der Waals surface area contributed by atoms with Crippen LogP contribution >= 0.6 is 0 Å². The van der Waals surface area contributed by atoms with Crippen molar-refractivity contribution in [1.29, 1.82) is 0 Å². The maximum absolute atomic E-state index is 10.8. The fraction of sp³-hybridized carbons (Fsp3) is 0. The number of aromatic nitrogens is 1. The zero-order valence-electron chi connectivity index (χ0n) is 9.26. The average molecular weight is 221 g/mol. The van der Waals surface area contributed by atoms with Gasteiger partial charge in [0.2, 0.25) is 0 Å². The minimum Gasteiger partial charge on any atom is -0.317 e. The molecule has 0 aliphatic heterocycles. The molecule has 2 nitrogen and oxygen atoms in total. The van der Waals surface area contributed by atoms with Crippen LogP contribution in [-0.2, 0) is 0 Å². The number of rotatable bonds is 2. The van der Waals surface area contributed by atoms with E-state index in [1.807, 2.05) is 34.9 Å². The molecule has 0 saturated heterocycles. The summed E-state index contributed by atoms with van der Waals surface area (Å²) in [4.78, 5) is 10.8. The zero-order valence-corrected chi connectivity index (χ0v) is 9.26. The SMILES string of the molecule is C=Cn1c2ccccc2c2cc(C=O)ccc21. The Balaban J connectivity index is 2.58. The number of carbonyl (C=O) groups excluding carboxylic acids is 1. The Kier molecular flexibility index (Phi) is 2.08. The van der Waals surface area contributed by atoms with Gasteiger partial charge in [0, 0.05) is 22.5 Å². The van der Waals surface area contributed by atoms with Crippen molar-refractivity contribution in [1.82, 2.24) is 4.57 Å². The molecule has 0 N–H and O–H groups in total. The van der Waals surface area contributed by atoms with Gasteiger partial charge in [-0.1, -0.05) is 24.8 Å². The van der Waals surface area contributed by atoms with Crippen molar-refractivity contribution in [3.8, 4) is 0 Å². The highest BCUT2D eigenvalue weighted by Gasteiger charge is 2.08. The third-order valence-corrected chi connectivity index (χ3v) is 3.05. The highest BCUT2D eigenvalue weighted by atomic mass is 16.1. The van der Waals surface area contributed by atoms with Crippen LogP contribution in [0.15, 0.2) is 49.0 Å². The molecular weight excluding hydrogens is 210 g/mol. The molecule has 0 fully saturated rings. The molecule has 0 spiro atoms. The molecule has 0 bridgehead atoms. The number of carbonyl (C=O) groups is 1. The minimum atomic E-state index is 0.699. The monoisotopic (exact) mass is 221 g/mol. The van der Waals surface area contributed by atoms with E-state index in [0.717, 1.165) is 28.1 Å². The van der Waals surface area contributed by atoms with Gasteiger partial charge in [0.05, 0.1) is 11.0 Å². The van der Waals surface area contributed by atoms with Gasteiger partial charge in [-0.05, 0) is 24.3 Å². The third-order valence-electron chi connectivity index (χ3n) is 3.05. The van der Waals surface area contributed by atoms with Gasteiger partial charge in [0.25, 0.3) is 0 Å². The van der Waals surface area contributed by atoms with Gasteiger partial charge in [-0.3, -0.25) is 4.79 Å². The number of hydrogen-bond donors (Lipinski definition) is 0. The average Bonchev–Trinajstić information content (AvgIpc) is 2.71. The van der Waals surface area contributed by atoms with E-state index in [-0.39, 0.29) is 0 Å². The molecule has 17 heavy (non-hydrogen) atoms. The van der Waals surface area contributed by atoms with E-state index < -0.39 is 0 Å². The molecule has 0 radical (unpaired) electrons. The molecule has 82 valence electrons. The molecule has 0 aliphatic carbocycles. The summed E-state index contributed by atoms with van der Waals surface area (Å²) in [5, 5.41) is 2.23. The van der Waals surface area contributed by atoms with Crippen LogP contribution < -0.4 is 0 Å². The Bertz CT molecular complexity index is 737. The van der Waals surface area contributed by atoms with Crippen molar-refractivity contribution < 1.29 is 4.79 Å². The lowest BCUT2D eigenvalue weighted by Gasteiger charge is -1.98. The van der Waals surface area contributed by atoms with E-state index in [0.29, 0.717) is 5.56 Å². The first-order valence-electron chi connectivity index (χ1n) is 5.45. The van der Waals surface area contributed by atoms with Gasteiger partial charge in [-0.15, -0.1) is 0 Å². The highest BCUT2D eigenvalue weighted by molar-refractivity contribution is 6.10. The Morgan fingerprint density at radius 2 is 1.76 bits per heavy atom. The van der Waals surface area contributed by atoms with Crippen molar-refractivity contribution in [2.24, 2.45) is 0 Å². The van der Waals surface area contributed by atoms with Crippen molar-refractivity contribution in [2.45, 2.75) is 0 Å². The van der Waals surface area contributed by atoms with Gasteiger partial charge in [-0.25, -0.2) is 0 Å². The van der Waals surface area contributed by atoms with Gasteiger partial charge in [0.1, 0.15) is 6.29 Å². The predicted octanol–water partition coefficient (Wildman–Crippen LogP) is 3.71. The highest BCUT2D eigenvalue weighted by Crippen LogP contribution is 2.29. The van der Waals surface area contributed by atoms with Crippen molar-refractivity contribution in [3.63, 3.8) is 0 Å². The summed E-state index contributed by atoms with van der Waals surface area (Å²) in [6.07, 6.45) is 2.67. The summed E-state index contributed by atoms with van der Waals surface area (Å²) in [6.45, 7) is 3.84. The van der Waals surface area contributed by atoms with E-state index in [1.54, 1.807) is 6.20 Å². The summed E-state index contributed by atoms with van der Waals surface area (Å²) in [5.74, 6) is 0. The van der Waals surface area contributed by atoms with Crippen LogP contribution in [0.3, 0.4) is 0 Å². The number of hydrogen-bond acceptors (Lipinski definition) is 1. The summed E-state index contributed by atoms with van der Waals surface area (Å²) in [5.41, 5.74) is 2.89. The van der Waals surface area contributed by atoms with E-state index in [2.05, 4.69) is 18.7 Å². The molecule has 0 amide bonds. The van der Waals surface area contributed by atoms with Crippen LogP contribution in [0.5, 0.6) is 0 Å². The number of nitrogens with zero attached hydrogens (tertiary/aromatic N) is 1. The van der Waals surface area contributed by atoms with Gasteiger partial charge < -0.3 is 4.57 Å². The Hall–Kier alpha value is -2.35. The van der Waals surface area contributed by atoms with E-state index in [4.69, 9.17) is 0 Å². The molecule has 3 aromatic rings. The second kappa shape index (κ2) is 3.59. The largest absolute Gasteiger partial charge is 0.317 e. The lowest BCUT2D eigenvalue weighted by Crippen LogP contribution is -1.84. The molecular formula is C15H11NO. The van der Waals surface area contributed by atoms with Crippen molar-refractivity contribution in [3.05, 3.63) is 54.6 Å². The van der Waals surface area contributed by atoms with Crippen molar-refractivity contribution >= 4 is 34.3 Å². The topological polar surface area (TPSA) is 22.0 Å². The minimum absolute atomic E-state index is 0.699. The number of fused-ring (bicyclic) bond motifs is 3.